The molecule has 3 N–H and O–H groups in total. The zero-order valence-electron chi connectivity index (χ0n) is 81.7. The number of benzene rings is 5. The maximum Gasteiger partial charge on any atom is 0.332 e. The van der Waals surface area contributed by atoms with E-state index in [1.807, 2.05) is 173 Å². The van der Waals surface area contributed by atoms with Crippen molar-refractivity contribution in [1.82, 2.24) is 98.4 Å². The summed E-state index contributed by atoms with van der Waals surface area (Å²) in [5.41, 5.74) is 12.2. The number of carbonyl (C=O) groups excluding carboxylic acids is 5. The molecule has 0 saturated heterocycles. The molecule has 20 rings (SSSR count). The second-order valence-electron chi connectivity index (χ2n) is 34.7. The van der Waals surface area contributed by atoms with Crippen LogP contribution in [-0.4, -0.2) is 128 Å². The first kappa shape index (κ1) is 103. The number of nitrogens with zero attached hydrogens (tertiary/aromatic N) is 21. The Labute approximate surface area is 854 Å². The molecule has 0 aliphatic rings. The zero-order valence-corrected chi connectivity index (χ0v) is 85.8. The Morgan fingerprint density at radius 2 is 0.667 bits per heavy atom. The molecule has 39 nitrogen and oxygen atoms in total. The van der Waals surface area contributed by atoms with Crippen molar-refractivity contribution in [1.29, 1.82) is 0 Å². The van der Waals surface area contributed by atoms with Crippen LogP contribution in [0.25, 0.3) is 111 Å². The molecular weight excluding hydrogens is 1970 g/mol. The number of nitrogens with one attached hydrogen (secondary N) is 3. The number of ketones is 2. The maximum absolute atomic E-state index is 12.5. The quantitative estimate of drug-likeness (QED) is 0.0410. The minimum atomic E-state index is -0.481. The standard InChI is InChI=1S/3C21H21N5O3S.C21H20N4O3S.C19H17N5O3S/c1-13-23-17(11-30-13)15-6-4-14(5-7-15)10-16(27)8-9-26-12-22-19-18(26)20(28)25(3)21(29)24(19)2;1-24-19-18(20(28)25(2)21(24)29)26(13-22-19)11-3-6-17(27)23-15-9-7-14(8-10-15)16-5-4-12-30-16;1-24-19-18(20(28)25(2)21(24)29)26(13-22-19)10-3-4-17(27)23-16-7-5-14(6-8-16)15-9-11-30-12-15;1-23-19-18(20(27)24(2)21(23)28)25(13-22-19)9-7-17(26)11-14-3-5-15(6-4-14)16-8-10-29-12-16;1-22-17-16(18(26)23(2)19(22)27)24(11-20-17)9-14(25)21-15-8-13(10-28-15)12-6-4-3-5-7-12/h4-7,11-12H,8-10H2,1-3H3;4-5,7-10,12-13H,3,6,11H2,1-2H3,(H,23,27);5-9,11-13H,3-4,10H2,1-2H3,(H,23,27);3-6,8,10,12-13H,7,9,11H2,1-2H3;3-8,10-11H,9H2,1-2H3,(H,21,25). The highest BCUT2D eigenvalue weighted by Gasteiger charge is 2.24. The van der Waals surface area contributed by atoms with Gasteiger partial charge in [-0.15, -0.1) is 34.0 Å². The summed E-state index contributed by atoms with van der Waals surface area (Å²) in [6.07, 6.45) is 10.4. The number of anilines is 3. The number of rotatable bonds is 28. The number of hydrogen-bond acceptors (Lipinski definition) is 26. The molecule has 0 bridgehead atoms. The van der Waals surface area contributed by atoms with Gasteiger partial charge in [-0.25, -0.2) is 53.9 Å². The number of fused-ring (bicyclic) bond motifs is 5. The Morgan fingerprint density at radius 1 is 0.306 bits per heavy atom. The van der Waals surface area contributed by atoms with E-state index in [9.17, 15) is 71.9 Å². The summed E-state index contributed by atoms with van der Waals surface area (Å²) in [4.78, 5) is 211. The van der Waals surface area contributed by atoms with Gasteiger partial charge in [-0.1, -0.05) is 109 Å². The molecule has 20 aromatic rings. The lowest BCUT2D eigenvalue weighted by Crippen LogP contribution is -2.37. The van der Waals surface area contributed by atoms with Gasteiger partial charge in [0.1, 0.15) is 18.1 Å². The van der Waals surface area contributed by atoms with E-state index in [2.05, 4.69) is 74.8 Å². The van der Waals surface area contributed by atoms with Crippen LogP contribution in [-0.2, 0) is 140 Å². The van der Waals surface area contributed by atoms with Gasteiger partial charge in [0.2, 0.25) is 17.7 Å². The summed E-state index contributed by atoms with van der Waals surface area (Å²) >= 11 is 8.01. The van der Waals surface area contributed by atoms with Crippen LogP contribution >= 0.6 is 56.7 Å². The molecule has 3 amide bonds. The van der Waals surface area contributed by atoms with Gasteiger partial charge in [0, 0.05) is 168 Å². The van der Waals surface area contributed by atoms with Gasteiger partial charge in [-0.05, 0) is 145 Å². The van der Waals surface area contributed by atoms with Gasteiger partial charge in [0.25, 0.3) is 27.8 Å². The molecule has 147 heavy (non-hydrogen) atoms. The third-order valence-electron chi connectivity index (χ3n) is 24.7. The number of thiophene rings is 4. The largest absolute Gasteiger partial charge is 0.332 e. The molecule has 15 aromatic heterocycles. The fourth-order valence-corrected chi connectivity index (χ4v) is 20.1. The molecule has 15 heterocycles. The Kier molecular flexibility index (Phi) is 31.7. The van der Waals surface area contributed by atoms with Crippen LogP contribution in [0.5, 0.6) is 0 Å². The molecule has 0 aliphatic heterocycles. The molecule has 0 radical (unpaired) electrons. The summed E-state index contributed by atoms with van der Waals surface area (Å²) < 4.78 is 20.0. The van der Waals surface area contributed by atoms with Gasteiger partial charge < -0.3 is 38.8 Å². The van der Waals surface area contributed by atoms with Gasteiger partial charge in [-0.2, -0.15) is 22.7 Å². The molecule has 44 heteroatoms. The van der Waals surface area contributed by atoms with Crippen molar-refractivity contribution in [3.63, 3.8) is 0 Å². The highest BCUT2D eigenvalue weighted by Crippen LogP contribution is 2.32. The van der Waals surface area contributed by atoms with Crippen molar-refractivity contribution in [3.8, 4) is 55.1 Å². The smallest absolute Gasteiger partial charge is 0.326 e. The van der Waals surface area contributed by atoms with Gasteiger partial charge in [0.05, 0.1) is 47.3 Å². The second kappa shape index (κ2) is 45.3. The number of imidazole rings is 5. The lowest BCUT2D eigenvalue weighted by Gasteiger charge is -2.08. The predicted molar refractivity (Wildman–Crippen MR) is 573 cm³/mol. The Bertz CT molecular complexity index is 8780. The van der Waals surface area contributed by atoms with Crippen molar-refractivity contribution in [3.05, 3.63) is 347 Å². The number of Topliss-reactive ketones (excluding diaryl/α,β-unsaturated/α-hetero) is 2. The van der Waals surface area contributed by atoms with E-state index in [-0.39, 0.29) is 71.0 Å². The van der Waals surface area contributed by atoms with Crippen LogP contribution in [0.4, 0.5) is 16.4 Å². The number of hydrogen-bond donors (Lipinski definition) is 3. The number of aromatic nitrogens is 21. The molecule has 0 atom stereocenters. The monoisotopic (exact) mass is 2070 g/mol. The summed E-state index contributed by atoms with van der Waals surface area (Å²) in [5.74, 6) is -0.323. The van der Waals surface area contributed by atoms with E-state index in [0.29, 0.717) is 114 Å². The Hall–Kier alpha value is -17.0. The number of amides is 3. The van der Waals surface area contributed by atoms with Gasteiger partial charge >= 0.3 is 28.4 Å². The van der Waals surface area contributed by atoms with Gasteiger partial charge in [-0.3, -0.25) is 93.6 Å². The van der Waals surface area contributed by atoms with Crippen LogP contribution in [0.2, 0.25) is 0 Å². The molecular formula is C103H100N24O15S5. The number of carbonyl (C=O) groups is 5. The third-order valence-corrected chi connectivity index (χ3v) is 28.6. The van der Waals surface area contributed by atoms with E-state index in [0.717, 1.165) is 95.0 Å². The van der Waals surface area contributed by atoms with Crippen molar-refractivity contribution in [2.75, 3.05) is 16.0 Å². The first-order chi connectivity index (χ1) is 70.7. The van der Waals surface area contributed by atoms with Crippen LogP contribution in [0, 0.1) is 6.92 Å². The fraction of sp³-hybridized carbons (Fsp3) is 0.233. The molecule has 5 aromatic carbocycles. The zero-order chi connectivity index (χ0) is 104. The summed E-state index contributed by atoms with van der Waals surface area (Å²) in [7, 11) is 15.0. The minimum Gasteiger partial charge on any atom is -0.326 e. The van der Waals surface area contributed by atoms with E-state index in [1.165, 1.54) is 123 Å². The van der Waals surface area contributed by atoms with E-state index < -0.39 is 45.1 Å². The average Bonchev–Trinajstić information content (AvgIpc) is 1.66. The molecule has 0 spiro atoms. The van der Waals surface area contributed by atoms with E-state index in [4.69, 9.17) is 0 Å². The third kappa shape index (κ3) is 23.0. The minimum absolute atomic E-state index is 0.0655. The van der Waals surface area contributed by atoms with Crippen LogP contribution in [0.3, 0.4) is 0 Å². The first-order valence-corrected chi connectivity index (χ1v) is 50.7. The van der Waals surface area contributed by atoms with E-state index >= 15 is 0 Å². The first-order valence-electron chi connectivity index (χ1n) is 46.2. The highest BCUT2D eigenvalue weighted by molar-refractivity contribution is 7.15. The van der Waals surface area contributed by atoms with Crippen LogP contribution in [0.15, 0.2) is 275 Å². The van der Waals surface area contributed by atoms with Crippen molar-refractivity contribution >= 4 is 158 Å². The van der Waals surface area contributed by atoms with Crippen molar-refractivity contribution < 1.29 is 24.0 Å². The normalized spacial score (nSPS) is 11.2. The fourth-order valence-electron chi connectivity index (χ4n) is 16.6. The average molecular weight is 2070 g/mol. The second-order valence-corrected chi connectivity index (χ2v) is 39.1. The molecule has 0 unspecified atom stereocenters. The topological polar surface area (TPSA) is 443 Å². The molecule has 0 fully saturated rings. The lowest BCUT2D eigenvalue weighted by molar-refractivity contribution is -0.119. The maximum atomic E-state index is 12.5. The van der Waals surface area contributed by atoms with Crippen molar-refractivity contribution in [2.45, 2.75) is 91.0 Å². The summed E-state index contributed by atoms with van der Waals surface area (Å²) in [6.45, 7) is 3.47. The van der Waals surface area contributed by atoms with Crippen LogP contribution in [0.1, 0.15) is 54.7 Å². The lowest BCUT2D eigenvalue weighted by atomic mass is 10.0. The van der Waals surface area contributed by atoms with Gasteiger partial charge in [0.15, 0.2) is 55.8 Å². The SMILES string of the molecule is Cc1nc(-c2ccc(CC(=O)CCn3cnc4c3c(=O)n(C)c(=O)n4C)cc2)cs1.Cn1c(=O)c2c(ncn2CC(=O)Nc2cc(-c3ccccc3)cs2)n(C)c1=O.Cn1c(=O)c2c(ncn2CCC(=O)Cc2ccc(-c3ccsc3)cc2)n(C)c1=O.Cn1c(=O)c2c(ncn2CCCC(=O)Nc2ccc(-c3cccs3)cc2)n(C)c1=O.Cn1c(=O)c2c(ncn2CCCC(=O)Nc2ccc(-c3ccsc3)cc2)n(C)c1=O. The molecule has 0 aliphatic carbocycles. The van der Waals surface area contributed by atoms with E-state index in [1.54, 1.807) is 91.8 Å². The molecule has 0 saturated carbocycles. The predicted octanol–water partition coefficient (Wildman–Crippen LogP) is 11.4. The summed E-state index contributed by atoms with van der Waals surface area (Å²) in [5, 5.41) is 24.6. The molecule has 752 valence electrons. The Morgan fingerprint density at radius 3 is 1.03 bits per heavy atom. The van der Waals surface area contributed by atoms with Crippen molar-refractivity contribution in [2.24, 2.45) is 70.5 Å². The number of aryl methyl sites for hydroxylation is 10. The highest BCUT2D eigenvalue weighted by atomic mass is 32.1. The number of thiazole rings is 1. The Balaban J connectivity index is 0.000000131. The summed E-state index contributed by atoms with van der Waals surface area (Å²) in [6, 6.07) is 51.3. The van der Waals surface area contributed by atoms with Crippen LogP contribution < -0.4 is 72.2 Å².